The molecule has 1 saturated heterocycles. The van der Waals surface area contributed by atoms with E-state index in [2.05, 4.69) is 32.6 Å². The summed E-state index contributed by atoms with van der Waals surface area (Å²) in [6.07, 6.45) is 11.8. The van der Waals surface area contributed by atoms with Gasteiger partial charge in [0, 0.05) is 0 Å². The summed E-state index contributed by atoms with van der Waals surface area (Å²) in [5.41, 5.74) is 2.37. The van der Waals surface area contributed by atoms with Crippen molar-refractivity contribution in [2.75, 3.05) is 26.2 Å². The molecule has 1 heterocycles. The number of quaternary nitrogens is 1. The Morgan fingerprint density at radius 2 is 2.05 bits per heavy atom. The van der Waals surface area contributed by atoms with Gasteiger partial charge in [-0.05, 0) is 61.0 Å². The number of hydrogen-bond acceptors (Lipinski definition) is 0. The molecule has 0 aromatic heterocycles. The first kappa shape index (κ1) is 13.4. The highest BCUT2D eigenvalue weighted by molar-refractivity contribution is 5.23. The third kappa shape index (κ3) is 2.20. The van der Waals surface area contributed by atoms with Crippen LogP contribution in [0.3, 0.4) is 0 Å². The highest BCUT2D eigenvalue weighted by Gasteiger charge is 2.52. The number of likely N-dealkylation sites (tertiary alicyclic amines) is 1. The predicted molar refractivity (Wildman–Crippen MR) is 81.9 cm³/mol. The molecule has 3 aliphatic carbocycles. The summed E-state index contributed by atoms with van der Waals surface area (Å²) in [6, 6.07) is 0. The summed E-state index contributed by atoms with van der Waals surface area (Å²) in [6.45, 7) is 14.2. The van der Waals surface area contributed by atoms with Gasteiger partial charge in [0.05, 0.1) is 19.6 Å². The van der Waals surface area contributed by atoms with E-state index in [-0.39, 0.29) is 0 Å². The third-order valence-corrected chi connectivity index (χ3v) is 6.38. The highest BCUT2D eigenvalue weighted by Crippen LogP contribution is 2.59. The third-order valence-electron chi connectivity index (χ3n) is 6.38. The second kappa shape index (κ2) is 4.77. The summed E-state index contributed by atoms with van der Waals surface area (Å²) < 4.78 is 1.30. The van der Waals surface area contributed by atoms with Gasteiger partial charge in [0.1, 0.15) is 6.54 Å². The van der Waals surface area contributed by atoms with E-state index in [4.69, 9.17) is 0 Å². The fourth-order valence-corrected chi connectivity index (χ4v) is 4.91. The van der Waals surface area contributed by atoms with Crippen molar-refractivity contribution in [3.8, 4) is 0 Å². The molecule has 2 unspecified atom stereocenters. The van der Waals surface area contributed by atoms with Gasteiger partial charge in [0.2, 0.25) is 0 Å². The molecule has 4 rings (SSSR count). The normalized spacial score (nSPS) is 35.2. The van der Waals surface area contributed by atoms with Gasteiger partial charge in [-0.25, -0.2) is 0 Å². The smallest absolute Gasteiger partial charge is 0.101 e. The highest BCUT2D eigenvalue weighted by atomic mass is 15.4. The zero-order chi connectivity index (χ0) is 13.5. The molecular weight excluding hydrogens is 230 g/mol. The van der Waals surface area contributed by atoms with Crippen LogP contribution in [0.1, 0.15) is 46.0 Å². The van der Waals surface area contributed by atoms with Crippen LogP contribution in [0.4, 0.5) is 0 Å². The van der Waals surface area contributed by atoms with Gasteiger partial charge in [-0.1, -0.05) is 26.5 Å². The molecule has 0 amide bonds. The number of hydrogen-bond donors (Lipinski definition) is 0. The first-order valence-electron chi connectivity index (χ1n) is 8.22. The van der Waals surface area contributed by atoms with Gasteiger partial charge >= 0.3 is 0 Å². The monoisotopic (exact) mass is 260 g/mol. The van der Waals surface area contributed by atoms with Gasteiger partial charge in [-0.2, -0.15) is 0 Å². The maximum Gasteiger partial charge on any atom is 0.101 e. The van der Waals surface area contributed by atoms with E-state index in [1.54, 1.807) is 5.57 Å². The van der Waals surface area contributed by atoms with Gasteiger partial charge in [0.15, 0.2) is 0 Å². The van der Waals surface area contributed by atoms with Crippen molar-refractivity contribution in [2.45, 2.75) is 46.0 Å². The fourth-order valence-electron chi connectivity index (χ4n) is 4.91. The SMILES string of the molecule is C=CC[N+]1(CC2=CCC3CC2C3(C)C)CCCCC1. The quantitative estimate of drug-likeness (QED) is 0.526. The number of nitrogens with zero attached hydrogens (tertiary/aromatic N) is 1. The minimum atomic E-state index is 0.581. The Morgan fingerprint density at radius 1 is 1.32 bits per heavy atom. The van der Waals surface area contributed by atoms with Crippen LogP contribution in [-0.4, -0.2) is 30.7 Å². The Balaban J connectivity index is 1.75. The van der Waals surface area contributed by atoms with E-state index in [9.17, 15) is 0 Å². The molecule has 0 N–H and O–H groups in total. The molecule has 0 aromatic rings. The molecule has 1 saturated carbocycles. The molecule has 1 nitrogen and oxygen atoms in total. The van der Waals surface area contributed by atoms with E-state index < -0.39 is 0 Å². The number of fused-ring (bicyclic) bond motifs is 1. The van der Waals surface area contributed by atoms with E-state index in [0.29, 0.717) is 5.41 Å². The lowest BCUT2D eigenvalue weighted by Gasteiger charge is -2.57. The van der Waals surface area contributed by atoms with E-state index in [1.807, 2.05) is 0 Å². The lowest BCUT2D eigenvalue weighted by Crippen LogP contribution is -2.56. The molecule has 1 heteroatoms. The zero-order valence-corrected chi connectivity index (χ0v) is 12.8. The number of rotatable bonds is 4. The maximum absolute atomic E-state index is 4.02. The Morgan fingerprint density at radius 3 is 2.63 bits per heavy atom. The van der Waals surface area contributed by atoms with Crippen molar-refractivity contribution in [1.29, 1.82) is 0 Å². The van der Waals surface area contributed by atoms with E-state index in [1.165, 1.54) is 62.8 Å². The molecule has 4 aliphatic rings. The molecule has 0 aromatic carbocycles. The minimum absolute atomic E-state index is 0.581. The van der Waals surface area contributed by atoms with Crippen molar-refractivity contribution in [3.05, 3.63) is 24.3 Å². The van der Waals surface area contributed by atoms with Gasteiger partial charge < -0.3 is 4.48 Å². The Hall–Kier alpha value is -0.560. The second-order valence-corrected chi connectivity index (χ2v) is 7.80. The maximum atomic E-state index is 4.02. The summed E-state index contributed by atoms with van der Waals surface area (Å²) in [4.78, 5) is 0. The van der Waals surface area contributed by atoms with Gasteiger partial charge in [0.25, 0.3) is 0 Å². The Labute approximate surface area is 119 Å². The van der Waals surface area contributed by atoms with Crippen molar-refractivity contribution >= 4 is 0 Å². The van der Waals surface area contributed by atoms with Crippen LogP contribution in [0.5, 0.6) is 0 Å². The van der Waals surface area contributed by atoms with Crippen molar-refractivity contribution in [2.24, 2.45) is 17.3 Å². The zero-order valence-electron chi connectivity index (χ0n) is 12.8. The largest absolute Gasteiger partial charge is 0.317 e. The predicted octanol–water partition coefficient (Wildman–Crippen LogP) is 4.17. The van der Waals surface area contributed by atoms with Crippen molar-refractivity contribution < 1.29 is 4.48 Å². The van der Waals surface area contributed by atoms with Crippen LogP contribution >= 0.6 is 0 Å². The lowest BCUT2D eigenvalue weighted by molar-refractivity contribution is -0.923. The van der Waals surface area contributed by atoms with Gasteiger partial charge in [-0.15, -0.1) is 0 Å². The molecule has 19 heavy (non-hydrogen) atoms. The van der Waals surface area contributed by atoms with Crippen LogP contribution in [0.2, 0.25) is 0 Å². The molecule has 2 fully saturated rings. The van der Waals surface area contributed by atoms with Crippen LogP contribution in [0.25, 0.3) is 0 Å². The lowest BCUT2D eigenvalue weighted by atomic mass is 9.49. The van der Waals surface area contributed by atoms with Crippen molar-refractivity contribution in [3.63, 3.8) is 0 Å². The molecule has 2 atom stereocenters. The Kier molecular flexibility index (Phi) is 3.37. The summed E-state index contributed by atoms with van der Waals surface area (Å²) in [5.74, 6) is 1.85. The van der Waals surface area contributed by atoms with Crippen molar-refractivity contribution in [1.82, 2.24) is 0 Å². The first-order chi connectivity index (χ1) is 9.07. The summed E-state index contributed by atoms with van der Waals surface area (Å²) >= 11 is 0. The molecular formula is C18H30N+. The van der Waals surface area contributed by atoms with E-state index in [0.717, 1.165) is 11.8 Å². The van der Waals surface area contributed by atoms with Crippen LogP contribution in [0.15, 0.2) is 24.3 Å². The average molecular weight is 260 g/mol. The topological polar surface area (TPSA) is 0 Å². The molecule has 0 spiro atoms. The van der Waals surface area contributed by atoms with Gasteiger partial charge in [-0.3, -0.25) is 0 Å². The molecule has 1 aliphatic heterocycles. The number of piperidine rings is 1. The molecule has 0 radical (unpaired) electrons. The number of allylic oxidation sites excluding steroid dienone is 1. The van der Waals surface area contributed by atoms with Crippen LogP contribution in [-0.2, 0) is 0 Å². The average Bonchev–Trinajstić information content (AvgIpc) is 2.40. The minimum Gasteiger partial charge on any atom is -0.317 e. The second-order valence-electron chi connectivity index (χ2n) is 7.80. The summed E-state index contributed by atoms with van der Waals surface area (Å²) in [7, 11) is 0. The summed E-state index contributed by atoms with van der Waals surface area (Å²) in [5, 5.41) is 0. The fraction of sp³-hybridized carbons (Fsp3) is 0.778. The Bertz CT molecular complexity index is 384. The molecule has 2 bridgehead atoms. The molecule has 106 valence electrons. The first-order valence-corrected chi connectivity index (χ1v) is 8.22. The van der Waals surface area contributed by atoms with Crippen LogP contribution < -0.4 is 0 Å². The van der Waals surface area contributed by atoms with Crippen LogP contribution in [0, 0.1) is 17.3 Å². The van der Waals surface area contributed by atoms with E-state index >= 15 is 0 Å². The standard InChI is InChI=1S/C18H30N/c1-4-10-19(11-6-5-7-12-19)14-15-8-9-16-13-17(15)18(16,2)3/h4,8,16-17H,1,5-7,9-14H2,2-3H3/q+1.